The second-order valence-corrected chi connectivity index (χ2v) is 5.68. The van der Waals surface area contributed by atoms with E-state index in [0.717, 1.165) is 32.1 Å². The zero-order valence-electron chi connectivity index (χ0n) is 13.4. The Hall–Kier alpha value is -0.140. The Morgan fingerprint density at radius 3 is 2.05 bits per heavy atom. The molecule has 0 aliphatic heterocycles. The van der Waals surface area contributed by atoms with Crippen molar-refractivity contribution in [3.8, 4) is 0 Å². The summed E-state index contributed by atoms with van der Waals surface area (Å²) in [5, 5.41) is 0. The number of carbonyl (C=O) groups is 1. The fraction of sp³-hybridized carbons (Fsp3) is 0.938. The van der Waals surface area contributed by atoms with Gasteiger partial charge in [-0.05, 0) is 12.8 Å². The molecule has 0 bridgehead atoms. The summed E-state index contributed by atoms with van der Waals surface area (Å²) < 4.78 is 10.4. The molecule has 2 unspecified atom stereocenters. The standard InChI is InChI=1S/C16H33O3P/c1-3-5-7-9-10-12-14-18-16(17)15(19-20)13-11-8-6-4-2/h15H,3-14,20H2,1-2H3. The smallest absolute Gasteiger partial charge is 0.335 e. The molecule has 20 heavy (non-hydrogen) atoms. The van der Waals surface area contributed by atoms with Crippen molar-refractivity contribution in [1.29, 1.82) is 0 Å². The van der Waals surface area contributed by atoms with Gasteiger partial charge in [0.2, 0.25) is 0 Å². The first-order chi connectivity index (χ1) is 9.76. The summed E-state index contributed by atoms with van der Waals surface area (Å²) in [6.07, 6.45) is 12.2. The Bertz CT molecular complexity index is 222. The van der Waals surface area contributed by atoms with Crippen LogP contribution in [0, 0.1) is 0 Å². The first kappa shape index (κ1) is 19.9. The van der Waals surface area contributed by atoms with Crippen molar-refractivity contribution < 1.29 is 14.1 Å². The van der Waals surface area contributed by atoms with Gasteiger partial charge in [-0.25, -0.2) is 4.79 Å². The van der Waals surface area contributed by atoms with Gasteiger partial charge in [0.1, 0.15) is 0 Å². The number of esters is 1. The van der Waals surface area contributed by atoms with Gasteiger partial charge in [0, 0.05) is 9.47 Å². The van der Waals surface area contributed by atoms with Crippen molar-refractivity contribution in [3.63, 3.8) is 0 Å². The summed E-state index contributed by atoms with van der Waals surface area (Å²) in [4.78, 5) is 11.8. The molecule has 4 heteroatoms. The highest BCUT2D eigenvalue weighted by Gasteiger charge is 2.18. The van der Waals surface area contributed by atoms with Crippen LogP contribution in [-0.2, 0) is 14.1 Å². The monoisotopic (exact) mass is 304 g/mol. The van der Waals surface area contributed by atoms with Crippen molar-refractivity contribution in [2.45, 2.75) is 90.6 Å². The third-order valence-electron chi connectivity index (χ3n) is 3.49. The first-order valence-electron chi connectivity index (χ1n) is 8.28. The van der Waals surface area contributed by atoms with Gasteiger partial charge in [-0.15, -0.1) is 0 Å². The maximum Gasteiger partial charge on any atom is 0.335 e. The minimum atomic E-state index is -0.406. The third-order valence-corrected chi connectivity index (χ3v) is 3.82. The zero-order valence-corrected chi connectivity index (χ0v) is 14.5. The van der Waals surface area contributed by atoms with E-state index in [2.05, 4.69) is 23.3 Å². The molecule has 0 amide bonds. The predicted molar refractivity (Wildman–Crippen MR) is 87.7 cm³/mol. The lowest BCUT2D eigenvalue weighted by Gasteiger charge is -2.14. The number of hydrogen-bond donors (Lipinski definition) is 0. The van der Waals surface area contributed by atoms with Crippen LogP contribution in [0.5, 0.6) is 0 Å². The van der Waals surface area contributed by atoms with E-state index in [9.17, 15) is 4.79 Å². The van der Waals surface area contributed by atoms with Crippen molar-refractivity contribution in [1.82, 2.24) is 0 Å². The molecule has 0 fully saturated rings. The van der Waals surface area contributed by atoms with E-state index in [1.807, 2.05) is 0 Å². The van der Waals surface area contributed by atoms with Crippen LogP contribution in [0.2, 0.25) is 0 Å². The third kappa shape index (κ3) is 11.7. The fourth-order valence-electron chi connectivity index (χ4n) is 2.15. The van der Waals surface area contributed by atoms with Crippen LogP contribution in [0.25, 0.3) is 0 Å². The Kier molecular flexibility index (Phi) is 15.1. The fourth-order valence-corrected chi connectivity index (χ4v) is 2.39. The molecule has 2 atom stereocenters. The predicted octanol–water partition coefficient (Wildman–Crippen LogP) is 5.04. The highest BCUT2D eigenvalue weighted by molar-refractivity contribution is 7.09. The molecular formula is C16H33O3P. The molecule has 0 rings (SSSR count). The summed E-state index contributed by atoms with van der Waals surface area (Å²) in [5.41, 5.74) is 0. The second-order valence-electron chi connectivity index (χ2n) is 5.41. The molecule has 0 N–H and O–H groups in total. The Labute approximate surface area is 127 Å². The van der Waals surface area contributed by atoms with Crippen LogP contribution in [-0.4, -0.2) is 18.7 Å². The summed E-state index contributed by atoms with van der Waals surface area (Å²) in [6.45, 7) is 4.92. The minimum Gasteiger partial charge on any atom is -0.464 e. The topological polar surface area (TPSA) is 35.5 Å². The Morgan fingerprint density at radius 2 is 1.45 bits per heavy atom. The normalized spacial score (nSPS) is 12.3. The quantitative estimate of drug-likeness (QED) is 0.256. The van der Waals surface area contributed by atoms with Gasteiger partial charge >= 0.3 is 5.97 Å². The molecular weight excluding hydrogens is 271 g/mol. The first-order valence-corrected chi connectivity index (χ1v) is 8.75. The van der Waals surface area contributed by atoms with Crippen LogP contribution in [0.3, 0.4) is 0 Å². The Morgan fingerprint density at radius 1 is 0.900 bits per heavy atom. The minimum absolute atomic E-state index is 0.204. The van der Waals surface area contributed by atoms with Gasteiger partial charge in [0.25, 0.3) is 0 Å². The molecule has 0 aromatic heterocycles. The number of ether oxygens (including phenoxy) is 1. The van der Waals surface area contributed by atoms with E-state index in [1.165, 1.54) is 38.5 Å². The molecule has 3 nitrogen and oxygen atoms in total. The van der Waals surface area contributed by atoms with Crippen LogP contribution in [0.1, 0.15) is 84.5 Å². The van der Waals surface area contributed by atoms with Crippen LogP contribution in [0.4, 0.5) is 0 Å². The van der Waals surface area contributed by atoms with Gasteiger partial charge in [-0.2, -0.15) is 0 Å². The van der Waals surface area contributed by atoms with Gasteiger partial charge < -0.3 is 9.26 Å². The van der Waals surface area contributed by atoms with Crippen LogP contribution < -0.4 is 0 Å². The van der Waals surface area contributed by atoms with Crippen molar-refractivity contribution in [2.75, 3.05) is 6.61 Å². The van der Waals surface area contributed by atoms with E-state index < -0.39 is 6.10 Å². The maximum absolute atomic E-state index is 11.8. The highest BCUT2D eigenvalue weighted by atomic mass is 31.0. The summed E-state index contributed by atoms with van der Waals surface area (Å²) in [6, 6.07) is 0. The average Bonchev–Trinajstić information content (AvgIpc) is 2.46. The molecule has 0 saturated heterocycles. The number of rotatable bonds is 14. The molecule has 0 saturated carbocycles. The maximum atomic E-state index is 11.8. The summed E-state index contributed by atoms with van der Waals surface area (Å²) in [5.74, 6) is -0.204. The van der Waals surface area contributed by atoms with E-state index in [4.69, 9.17) is 9.26 Å². The second kappa shape index (κ2) is 15.3. The van der Waals surface area contributed by atoms with Gasteiger partial charge in [0.05, 0.1) is 6.61 Å². The molecule has 0 aromatic carbocycles. The lowest BCUT2D eigenvalue weighted by atomic mass is 10.1. The van der Waals surface area contributed by atoms with Crippen LogP contribution in [0.15, 0.2) is 0 Å². The van der Waals surface area contributed by atoms with Gasteiger partial charge in [-0.1, -0.05) is 71.6 Å². The molecule has 0 radical (unpaired) electrons. The Balaban J connectivity index is 3.55. The largest absolute Gasteiger partial charge is 0.464 e. The highest BCUT2D eigenvalue weighted by Crippen LogP contribution is 2.13. The van der Waals surface area contributed by atoms with Crippen molar-refractivity contribution in [3.05, 3.63) is 0 Å². The number of hydrogen-bond acceptors (Lipinski definition) is 3. The van der Waals surface area contributed by atoms with E-state index in [1.54, 1.807) is 0 Å². The molecule has 0 aliphatic rings. The van der Waals surface area contributed by atoms with Crippen molar-refractivity contribution in [2.24, 2.45) is 0 Å². The van der Waals surface area contributed by atoms with E-state index in [-0.39, 0.29) is 5.97 Å². The van der Waals surface area contributed by atoms with Crippen LogP contribution >= 0.6 is 9.47 Å². The lowest BCUT2D eigenvalue weighted by molar-refractivity contribution is -0.151. The SMILES string of the molecule is CCCCCCCCOC(=O)C(CCCCCC)OP. The van der Waals surface area contributed by atoms with E-state index in [0.29, 0.717) is 6.61 Å². The average molecular weight is 304 g/mol. The van der Waals surface area contributed by atoms with E-state index >= 15 is 0 Å². The molecule has 0 aliphatic carbocycles. The lowest BCUT2D eigenvalue weighted by Crippen LogP contribution is -2.24. The number of unbranched alkanes of at least 4 members (excludes halogenated alkanes) is 8. The zero-order chi connectivity index (χ0) is 15.1. The molecule has 120 valence electrons. The molecule has 0 heterocycles. The molecule has 0 spiro atoms. The summed E-state index contributed by atoms with van der Waals surface area (Å²) >= 11 is 0. The van der Waals surface area contributed by atoms with Crippen molar-refractivity contribution >= 4 is 15.4 Å². The van der Waals surface area contributed by atoms with Gasteiger partial charge in [-0.3, -0.25) is 0 Å². The number of carbonyl (C=O) groups excluding carboxylic acids is 1. The summed E-state index contributed by atoms with van der Waals surface area (Å²) in [7, 11) is 2.19. The van der Waals surface area contributed by atoms with Gasteiger partial charge in [0.15, 0.2) is 6.10 Å². The molecule has 0 aromatic rings.